The van der Waals surface area contributed by atoms with Crippen LogP contribution in [-0.4, -0.2) is 61.8 Å². The van der Waals surface area contributed by atoms with E-state index in [0.29, 0.717) is 5.02 Å². The average Bonchev–Trinajstić information content (AvgIpc) is 2.59. The number of benzene rings is 1. The molecule has 1 saturated heterocycles. The summed E-state index contributed by atoms with van der Waals surface area (Å²) in [6.45, 7) is 4.46. The summed E-state index contributed by atoms with van der Waals surface area (Å²) < 4.78 is 26.7. The van der Waals surface area contributed by atoms with E-state index >= 15 is 0 Å². The predicted molar refractivity (Wildman–Crippen MR) is 98.1 cm³/mol. The number of primary amides is 1. The number of piperazine rings is 1. The molecule has 1 aliphatic rings. The lowest BCUT2D eigenvalue weighted by Crippen LogP contribution is -2.57. The van der Waals surface area contributed by atoms with Gasteiger partial charge in [0.1, 0.15) is 6.04 Å². The summed E-state index contributed by atoms with van der Waals surface area (Å²) in [4.78, 5) is 25.4. The van der Waals surface area contributed by atoms with Gasteiger partial charge in [-0.05, 0) is 30.2 Å². The molecule has 0 radical (unpaired) electrons. The molecule has 1 aromatic carbocycles. The van der Waals surface area contributed by atoms with Crippen molar-refractivity contribution in [2.24, 2.45) is 11.7 Å². The van der Waals surface area contributed by atoms with Crippen LogP contribution in [0.25, 0.3) is 0 Å². The van der Waals surface area contributed by atoms with E-state index in [4.69, 9.17) is 17.3 Å². The van der Waals surface area contributed by atoms with E-state index in [1.165, 1.54) is 28.6 Å². The van der Waals surface area contributed by atoms with Gasteiger partial charge in [0.15, 0.2) is 0 Å². The summed E-state index contributed by atoms with van der Waals surface area (Å²) in [7, 11) is -3.64. The fourth-order valence-corrected chi connectivity index (χ4v) is 4.32. The SMILES string of the molecule is CC(C)[C@H](NC(N)=O)C(=O)N1CCN(S(=O)(=O)c2ccc(Cl)cc2)CC1. The number of hydrogen-bond acceptors (Lipinski definition) is 4. The van der Waals surface area contributed by atoms with Crippen molar-refractivity contribution in [2.75, 3.05) is 26.2 Å². The Bertz CT molecular complexity index is 759. The molecule has 3 amide bonds. The molecule has 26 heavy (non-hydrogen) atoms. The number of nitrogens with two attached hydrogens (primary N) is 1. The van der Waals surface area contributed by atoms with Gasteiger partial charge in [-0.25, -0.2) is 13.2 Å². The second kappa shape index (κ2) is 8.24. The van der Waals surface area contributed by atoms with Crippen LogP contribution in [0.15, 0.2) is 29.2 Å². The van der Waals surface area contributed by atoms with Gasteiger partial charge < -0.3 is 16.0 Å². The van der Waals surface area contributed by atoms with E-state index in [-0.39, 0.29) is 42.9 Å². The summed E-state index contributed by atoms with van der Waals surface area (Å²) in [5.74, 6) is -0.395. The van der Waals surface area contributed by atoms with E-state index in [0.717, 1.165) is 0 Å². The van der Waals surface area contributed by atoms with Gasteiger partial charge in [0.25, 0.3) is 0 Å². The summed E-state index contributed by atoms with van der Waals surface area (Å²) in [5, 5.41) is 2.91. The molecule has 0 spiro atoms. The normalized spacial score (nSPS) is 17.2. The lowest BCUT2D eigenvalue weighted by molar-refractivity contribution is -0.135. The number of amides is 3. The largest absolute Gasteiger partial charge is 0.352 e. The molecule has 0 unspecified atom stereocenters. The second-order valence-corrected chi connectivity index (χ2v) is 8.79. The minimum absolute atomic E-state index is 0.133. The number of urea groups is 1. The smallest absolute Gasteiger partial charge is 0.312 e. The number of rotatable bonds is 5. The van der Waals surface area contributed by atoms with Crippen molar-refractivity contribution in [1.29, 1.82) is 0 Å². The van der Waals surface area contributed by atoms with E-state index in [1.54, 1.807) is 18.7 Å². The monoisotopic (exact) mass is 402 g/mol. The van der Waals surface area contributed by atoms with Crippen molar-refractivity contribution in [2.45, 2.75) is 24.8 Å². The third-order valence-electron chi connectivity index (χ3n) is 4.23. The molecule has 3 N–H and O–H groups in total. The van der Waals surface area contributed by atoms with E-state index < -0.39 is 22.1 Å². The molecule has 0 saturated carbocycles. The molecule has 1 heterocycles. The zero-order valence-corrected chi connectivity index (χ0v) is 16.3. The quantitative estimate of drug-likeness (QED) is 0.760. The lowest BCUT2D eigenvalue weighted by Gasteiger charge is -2.36. The minimum atomic E-state index is -3.64. The van der Waals surface area contributed by atoms with Crippen LogP contribution in [0.5, 0.6) is 0 Å². The van der Waals surface area contributed by atoms with Gasteiger partial charge in [0.2, 0.25) is 15.9 Å². The number of halogens is 1. The molecule has 10 heteroatoms. The maximum Gasteiger partial charge on any atom is 0.312 e. The molecule has 8 nitrogen and oxygen atoms in total. The molecule has 0 aliphatic carbocycles. The number of carbonyl (C=O) groups excluding carboxylic acids is 2. The van der Waals surface area contributed by atoms with Crippen molar-refractivity contribution < 1.29 is 18.0 Å². The highest BCUT2D eigenvalue weighted by Gasteiger charge is 2.33. The third-order valence-corrected chi connectivity index (χ3v) is 6.40. The maximum atomic E-state index is 12.7. The van der Waals surface area contributed by atoms with E-state index in [2.05, 4.69) is 5.32 Å². The first-order valence-corrected chi connectivity index (χ1v) is 10.0. The predicted octanol–water partition coefficient (Wildman–Crippen LogP) is 0.866. The van der Waals surface area contributed by atoms with Crippen LogP contribution >= 0.6 is 11.6 Å². The first-order chi connectivity index (χ1) is 12.1. The Morgan fingerprint density at radius 2 is 1.65 bits per heavy atom. The van der Waals surface area contributed by atoms with Crippen LogP contribution < -0.4 is 11.1 Å². The number of nitrogens with zero attached hydrogens (tertiary/aromatic N) is 2. The summed E-state index contributed by atoms with van der Waals surface area (Å²) in [5.41, 5.74) is 5.13. The first-order valence-electron chi connectivity index (χ1n) is 8.23. The molecular weight excluding hydrogens is 380 g/mol. The van der Waals surface area contributed by atoms with Crippen LogP contribution in [0.1, 0.15) is 13.8 Å². The molecule has 1 atom stereocenters. The van der Waals surface area contributed by atoms with Gasteiger partial charge in [0.05, 0.1) is 4.90 Å². The Labute approximate surface area is 158 Å². The second-order valence-electron chi connectivity index (χ2n) is 6.41. The van der Waals surface area contributed by atoms with Crippen LogP contribution in [0, 0.1) is 5.92 Å². The van der Waals surface area contributed by atoms with Crippen LogP contribution in [0.3, 0.4) is 0 Å². The van der Waals surface area contributed by atoms with Crippen molar-refractivity contribution in [3.63, 3.8) is 0 Å². The van der Waals surface area contributed by atoms with Gasteiger partial charge in [0, 0.05) is 31.2 Å². The number of nitrogens with one attached hydrogen (secondary N) is 1. The summed E-state index contributed by atoms with van der Waals surface area (Å²) in [6.07, 6.45) is 0. The van der Waals surface area contributed by atoms with Crippen molar-refractivity contribution >= 4 is 33.6 Å². The minimum Gasteiger partial charge on any atom is -0.352 e. The molecule has 0 aromatic heterocycles. The summed E-state index contributed by atoms with van der Waals surface area (Å²) >= 11 is 5.80. The van der Waals surface area contributed by atoms with Gasteiger partial charge in [-0.1, -0.05) is 25.4 Å². The van der Waals surface area contributed by atoms with E-state index in [1.807, 2.05) is 0 Å². The standard InChI is InChI=1S/C16H23ClN4O4S/c1-11(2)14(19-16(18)23)15(22)20-7-9-21(10-8-20)26(24,25)13-5-3-12(17)4-6-13/h3-6,11,14H,7-10H2,1-2H3,(H3,18,19,23)/t14-/m0/s1. The topological polar surface area (TPSA) is 113 Å². The van der Waals surface area contributed by atoms with Gasteiger partial charge in [-0.3, -0.25) is 4.79 Å². The molecule has 1 aromatic rings. The Morgan fingerprint density at radius 1 is 1.12 bits per heavy atom. The lowest BCUT2D eigenvalue weighted by atomic mass is 10.0. The highest BCUT2D eigenvalue weighted by Crippen LogP contribution is 2.20. The third kappa shape index (κ3) is 4.66. The van der Waals surface area contributed by atoms with Crippen molar-refractivity contribution in [1.82, 2.24) is 14.5 Å². The summed E-state index contributed by atoms with van der Waals surface area (Å²) in [6, 6.07) is 4.48. The molecule has 2 rings (SSSR count). The maximum absolute atomic E-state index is 12.7. The number of sulfonamides is 1. The Kier molecular flexibility index (Phi) is 6.48. The van der Waals surface area contributed by atoms with Crippen molar-refractivity contribution in [3.05, 3.63) is 29.3 Å². The van der Waals surface area contributed by atoms with Crippen molar-refractivity contribution in [3.8, 4) is 0 Å². The van der Waals surface area contributed by atoms with E-state index in [9.17, 15) is 18.0 Å². The zero-order chi connectivity index (χ0) is 19.5. The zero-order valence-electron chi connectivity index (χ0n) is 14.7. The highest BCUT2D eigenvalue weighted by molar-refractivity contribution is 7.89. The Hall–Kier alpha value is -1.84. The van der Waals surface area contributed by atoms with Gasteiger partial charge >= 0.3 is 6.03 Å². The fourth-order valence-electron chi connectivity index (χ4n) is 2.77. The number of hydrogen-bond donors (Lipinski definition) is 2. The van der Waals surface area contributed by atoms with Crippen LogP contribution in [-0.2, 0) is 14.8 Å². The highest BCUT2D eigenvalue weighted by atomic mass is 35.5. The van der Waals surface area contributed by atoms with Gasteiger partial charge in [-0.15, -0.1) is 0 Å². The molecule has 1 aliphatic heterocycles. The average molecular weight is 403 g/mol. The molecule has 144 valence electrons. The molecular formula is C16H23ClN4O4S. The van der Waals surface area contributed by atoms with Crippen LogP contribution in [0.2, 0.25) is 5.02 Å². The Balaban J connectivity index is 2.05. The molecule has 0 bridgehead atoms. The van der Waals surface area contributed by atoms with Crippen LogP contribution in [0.4, 0.5) is 4.79 Å². The van der Waals surface area contributed by atoms with Gasteiger partial charge in [-0.2, -0.15) is 4.31 Å². The molecule has 1 fully saturated rings. The Morgan fingerprint density at radius 3 is 2.12 bits per heavy atom. The fraction of sp³-hybridized carbons (Fsp3) is 0.500. The number of carbonyl (C=O) groups is 2. The first kappa shape index (κ1) is 20.5.